The molecule has 1 fully saturated rings. The number of carbonyl (C=O) groups is 1. The molecular weight excluding hydrogens is 387 g/mol. The molecule has 0 unspecified atom stereocenters. The first-order chi connectivity index (χ1) is 13.0. The van der Waals surface area contributed by atoms with E-state index in [4.69, 9.17) is 23.2 Å². The lowest BCUT2D eigenvalue weighted by molar-refractivity contribution is -0.130. The standard InChI is InChI=1S/C18H18Cl2N6O/c1-24-17-14(10-23-24)18(22-11-21-17)26-6-4-25(5-7-26)16(27)8-12-2-3-13(19)9-15(12)20/h2-3,9-11H,4-8H2,1H3. The van der Waals surface area contributed by atoms with Crippen molar-refractivity contribution in [3.05, 3.63) is 46.3 Å². The molecule has 1 amide bonds. The van der Waals surface area contributed by atoms with Crippen molar-refractivity contribution in [1.29, 1.82) is 0 Å². The first kappa shape index (κ1) is 18.0. The molecule has 0 aliphatic carbocycles. The van der Waals surface area contributed by atoms with Gasteiger partial charge in [0, 0.05) is 43.3 Å². The summed E-state index contributed by atoms with van der Waals surface area (Å²) in [6, 6.07) is 5.22. The van der Waals surface area contributed by atoms with E-state index < -0.39 is 0 Å². The second kappa shape index (κ2) is 7.32. The third kappa shape index (κ3) is 3.57. The van der Waals surface area contributed by atoms with Gasteiger partial charge in [-0.25, -0.2) is 9.97 Å². The molecule has 0 N–H and O–H groups in total. The van der Waals surface area contributed by atoms with Crippen LogP contribution < -0.4 is 4.90 Å². The van der Waals surface area contributed by atoms with E-state index >= 15 is 0 Å². The van der Waals surface area contributed by atoms with E-state index in [1.165, 1.54) is 0 Å². The Morgan fingerprint density at radius 3 is 2.67 bits per heavy atom. The Labute approximate surface area is 166 Å². The normalized spacial score (nSPS) is 14.8. The Balaban J connectivity index is 1.43. The molecule has 1 aliphatic rings. The van der Waals surface area contributed by atoms with Crippen LogP contribution in [0.4, 0.5) is 5.82 Å². The van der Waals surface area contributed by atoms with E-state index in [1.54, 1.807) is 35.4 Å². The summed E-state index contributed by atoms with van der Waals surface area (Å²) in [4.78, 5) is 25.4. The number of carbonyl (C=O) groups excluding carboxylic acids is 1. The third-order valence-electron chi connectivity index (χ3n) is 4.80. The summed E-state index contributed by atoms with van der Waals surface area (Å²) in [7, 11) is 1.86. The van der Waals surface area contributed by atoms with Gasteiger partial charge in [0.05, 0.1) is 18.0 Å². The summed E-state index contributed by atoms with van der Waals surface area (Å²) < 4.78 is 1.73. The zero-order valence-corrected chi connectivity index (χ0v) is 16.3. The van der Waals surface area contributed by atoms with Gasteiger partial charge in [-0.2, -0.15) is 5.10 Å². The van der Waals surface area contributed by atoms with Crippen molar-refractivity contribution in [2.45, 2.75) is 6.42 Å². The molecule has 1 aromatic carbocycles. The molecule has 0 atom stereocenters. The van der Waals surface area contributed by atoms with Gasteiger partial charge < -0.3 is 9.80 Å². The van der Waals surface area contributed by atoms with Crippen molar-refractivity contribution in [2.24, 2.45) is 7.05 Å². The lowest BCUT2D eigenvalue weighted by Crippen LogP contribution is -2.49. The van der Waals surface area contributed by atoms with Crippen LogP contribution in [0.3, 0.4) is 0 Å². The van der Waals surface area contributed by atoms with Gasteiger partial charge >= 0.3 is 0 Å². The average Bonchev–Trinajstić information content (AvgIpc) is 3.05. The number of hydrogen-bond acceptors (Lipinski definition) is 5. The lowest BCUT2D eigenvalue weighted by Gasteiger charge is -2.35. The highest BCUT2D eigenvalue weighted by atomic mass is 35.5. The molecule has 0 radical (unpaired) electrons. The van der Waals surface area contributed by atoms with Gasteiger partial charge in [0.25, 0.3) is 0 Å². The number of aryl methyl sites for hydroxylation is 1. The molecule has 3 aromatic rings. The fourth-order valence-electron chi connectivity index (χ4n) is 3.31. The minimum Gasteiger partial charge on any atom is -0.352 e. The van der Waals surface area contributed by atoms with Crippen LogP contribution in [0.2, 0.25) is 10.0 Å². The van der Waals surface area contributed by atoms with Crippen molar-refractivity contribution in [1.82, 2.24) is 24.6 Å². The Morgan fingerprint density at radius 1 is 1.15 bits per heavy atom. The maximum absolute atomic E-state index is 12.6. The maximum Gasteiger partial charge on any atom is 0.227 e. The third-order valence-corrected chi connectivity index (χ3v) is 5.38. The molecule has 27 heavy (non-hydrogen) atoms. The SMILES string of the molecule is Cn1ncc2c(N3CCN(C(=O)Cc4ccc(Cl)cc4Cl)CC3)ncnc21. The van der Waals surface area contributed by atoms with E-state index in [0.717, 1.165) is 22.4 Å². The van der Waals surface area contributed by atoms with Crippen LogP contribution in [0.5, 0.6) is 0 Å². The molecule has 0 spiro atoms. The van der Waals surface area contributed by atoms with Gasteiger partial charge in [-0.1, -0.05) is 29.3 Å². The predicted molar refractivity (Wildman–Crippen MR) is 105 cm³/mol. The van der Waals surface area contributed by atoms with E-state index in [-0.39, 0.29) is 12.3 Å². The molecule has 1 saturated heterocycles. The number of nitrogens with zero attached hydrogens (tertiary/aromatic N) is 6. The number of piperazine rings is 1. The number of fused-ring (bicyclic) bond motifs is 1. The average molecular weight is 405 g/mol. The first-order valence-corrected chi connectivity index (χ1v) is 9.38. The minimum atomic E-state index is 0.0630. The van der Waals surface area contributed by atoms with Crippen molar-refractivity contribution in [2.75, 3.05) is 31.1 Å². The quantitative estimate of drug-likeness (QED) is 0.670. The van der Waals surface area contributed by atoms with Crippen LogP contribution in [0.25, 0.3) is 11.0 Å². The van der Waals surface area contributed by atoms with Crippen molar-refractivity contribution in [3.8, 4) is 0 Å². The largest absolute Gasteiger partial charge is 0.352 e. The Bertz CT molecular complexity index is 997. The lowest BCUT2D eigenvalue weighted by atomic mass is 10.1. The second-order valence-corrected chi connectivity index (χ2v) is 7.33. The monoisotopic (exact) mass is 404 g/mol. The van der Waals surface area contributed by atoms with Crippen molar-refractivity contribution >= 4 is 46.0 Å². The number of anilines is 1. The van der Waals surface area contributed by atoms with E-state index in [9.17, 15) is 4.79 Å². The summed E-state index contributed by atoms with van der Waals surface area (Å²) >= 11 is 12.1. The van der Waals surface area contributed by atoms with Crippen LogP contribution in [0, 0.1) is 0 Å². The Morgan fingerprint density at radius 2 is 1.93 bits per heavy atom. The van der Waals surface area contributed by atoms with Crippen LogP contribution >= 0.6 is 23.2 Å². The number of halogens is 2. The Hall–Kier alpha value is -2.38. The molecule has 0 bridgehead atoms. The van der Waals surface area contributed by atoms with E-state index in [1.807, 2.05) is 11.9 Å². The topological polar surface area (TPSA) is 67.2 Å². The summed E-state index contributed by atoms with van der Waals surface area (Å²) in [5.74, 6) is 0.925. The maximum atomic E-state index is 12.6. The fraction of sp³-hybridized carbons (Fsp3) is 0.333. The molecule has 7 nitrogen and oxygen atoms in total. The van der Waals surface area contributed by atoms with Gasteiger partial charge in [-0.05, 0) is 17.7 Å². The van der Waals surface area contributed by atoms with Crippen LogP contribution in [-0.2, 0) is 18.3 Å². The van der Waals surface area contributed by atoms with Gasteiger partial charge in [0.1, 0.15) is 12.1 Å². The van der Waals surface area contributed by atoms with Crippen LogP contribution in [0.1, 0.15) is 5.56 Å². The summed E-state index contributed by atoms with van der Waals surface area (Å²) in [5.41, 5.74) is 1.59. The van der Waals surface area contributed by atoms with Gasteiger partial charge in [0.2, 0.25) is 5.91 Å². The summed E-state index contributed by atoms with van der Waals surface area (Å²) in [6.07, 6.45) is 3.61. The number of rotatable bonds is 3. The molecule has 9 heteroatoms. The minimum absolute atomic E-state index is 0.0630. The van der Waals surface area contributed by atoms with Crippen LogP contribution in [-0.4, -0.2) is 56.7 Å². The number of aromatic nitrogens is 4. The smallest absolute Gasteiger partial charge is 0.227 e. The van der Waals surface area contributed by atoms with Crippen molar-refractivity contribution in [3.63, 3.8) is 0 Å². The fourth-order valence-corrected chi connectivity index (χ4v) is 3.78. The van der Waals surface area contributed by atoms with Gasteiger partial charge in [0.15, 0.2) is 5.65 Å². The second-order valence-electron chi connectivity index (χ2n) is 6.48. The summed E-state index contributed by atoms with van der Waals surface area (Å²) in [6.45, 7) is 2.69. The molecule has 3 heterocycles. The highest BCUT2D eigenvalue weighted by Crippen LogP contribution is 2.24. The molecule has 1 aliphatic heterocycles. The zero-order chi connectivity index (χ0) is 19.0. The summed E-state index contributed by atoms with van der Waals surface area (Å²) in [5, 5.41) is 6.27. The van der Waals surface area contributed by atoms with E-state index in [0.29, 0.717) is 36.2 Å². The van der Waals surface area contributed by atoms with Crippen LogP contribution in [0.15, 0.2) is 30.7 Å². The molecule has 140 valence electrons. The van der Waals surface area contributed by atoms with Gasteiger partial charge in [-0.15, -0.1) is 0 Å². The molecule has 4 rings (SSSR count). The number of hydrogen-bond donors (Lipinski definition) is 0. The number of benzene rings is 1. The number of amides is 1. The van der Waals surface area contributed by atoms with Crippen molar-refractivity contribution < 1.29 is 4.79 Å². The molecule has 2 aromatic heterocycles. The highest BCUT2D eigenvalue weighted by molar-refractivity contribution is 6.35. The van der Waals surface area contributed by atoms with Gasteiger partial charge in [-0.3, -0.25) is 9.48 Å². The van der Waals surface area contributed by atoms with E-state index in [2.05, 4.69) is 20.0 Å². The molecule has 0 saturated carbocycles. The first-order valence-electron chi connectivity index (χ1n) is 8.62. The molecular formula is C18H18Cl2N6O. The highest BCUT2D eigenvalue weighted by Gasteiger charge is 2.24. The Kier molecular flexibility index (Phi) is 4.88. The predicted octanol–water partition coefficient (Wildman–Crippen LogP) is 2.56. The zero-order valence-electron chi connectivity index (χ0n) is 14.8.